The molecular formula is C6H2Cl2NO2. The molecule has 3 nitrogen and oxygen atoms in total. The van der Waals surface area contributed by atoms with E-state index in [9.17, 15) is 9.90 Å². The van der Waals surface area contributed by atoms with E-state index in [0.29, 0.717) is 0 Å². The van der Waals surface area contributed by atoms with Gasteiger partial charge in [-0.1, -0.05) is 23.2 Å². The topological polar surface area (TPSA) is 49.9 Å². The molecule has 57 valence electrons. The fraction of sp³-hybridized carbons (Fsp3) is 0. The van der Waals surface area contributed by atoms with E-state index in [4.69, 9.17) is 23.2 Å². The standard InChI is InChI=1S/C6H2Cl2NO2/c7-4-1-3(6(10)11)2-5(8)9-4/h1-2H. The summed E-state index contributed by atoms with van der Waals surface area (Å²) >= 11 is 10.8. The highest BCUT2D eigenvalue weighted by Crippen LogP contribution is 2.14. The van der Waals surface area contributed by atoms with Crippen molar-refractivity contribution < 1.29 is 9.90 Å². The van der Waals surface area contributed by atoms with Crippen LogP contribution in [-0.4, -0.2) is 11.0 Å². The summed E-state index contributed by atoms with van der Waals surface area (Å²) < 4.78 is 0. The molecule has 1 rings (SSSR count). The first kappa shape index (κ1) is 8.30. The Morgan fingerprint density at radius 3 is 2.09 bits per heavy atom. The molecule has 0 spiro atoms. The highest BCUT2D eigenvalue weighted by molar-refractivity contribution is 6.32. The predicted molar refractivity (Wildman–Crippen MR) is 39.3 cm³/mol. The van der Waals surface area contributed by atoms with Crippen LogP contribution in [0.5, 0.6) is 0 Å². The molecule has 0 unspecified atom stereocenters. The van der Waals surface area contributed by atoms with E-state index >= 15 is 0 Å². The van der Waals surface area contributed by atoms with Gasteiger partial charge in [-0.15, -0.1) is 0 Å². The molecule has 0 amide bonds. The Bertz CT molecular complexity index is 280. The van der Waals surface area contributed by atoms with Gasteiger partial charge in [0.15, 0.2) is 0 Å². The Balaban J connectivity index is 3.19. The average Bonchev–Trinajstić information content (AvgIpc) is 1.85. The van der Waals surface area contributed by atoms with Crippen LogP contribution in [0.1, 0.15) is 10.4 Å². The molecule has 1 heterocycles. The van der Waals surface area contributed by atoms with Gasteiger partial charge in [0.25, 0.3) is 0 Å². The summed E-state index contributed by atoms with van der Waals surface area (Å²) in [4.78, 5) is 13.8. The van der Waals surface area contributed by atoms with Crippen LogP contribution in [0.3, 0.4) is 0 Å². The van der Waals surface area contributed by atoms with Crippen molar-refractivity contribution in [2.75, 3.05) is 0 Å². The van der Waals surface area contributed by atoms with Gasteiger partial charge in [-0.25, -0.2) is 14.9 Å². The van der Waals surface area contributed by atoms with E-state index in [1.54, 1.807) is 0 Å². The van der Waals surface area contributed by atoms with Gasteiger partial charge < -0.3 is 0 Å². The first-order valence-corrected chi connectivity index (χ1v) is 3.39. The zero-order valence-corrected chi connectivity index (χ0v) is 6.69. The molecule has 11 heavy (non-hydrogen) atoms. The quantitative estimate of drug-likeness (QED) is 0.637. The molecule has 5 heteroatoms. The maximum atomic E-state index is 10.2. The summed E-state index contributed by atoms with van der Waals surface area (Å²) in [7, 11) is 0. The van der Waals surface area contributed by atoms with E-state index in [2.05, 4.69) is 4.98 Å². The molecule has 1 aromatic rings. The number of halogens is 2. The van der Waals surface area contributed by atoms with E-state index in [1.165, 1.54) is 12.1 Å². The van der Waals surface area contributed by atoms with Crippen LogP contribution < -0.4 is 0 Å². The van der Waals surface area contributed by atoms with Crippen molar-refractivity contribution >= 4 is 29.2 Å². The maximum absolute atomic E-state index is 10.2. The van der Waals surface area contributed by atoms with Crippen molar-refractivity contribution in [1.82, 2.24) is 4.98 Å². The zero-order valence-electron chi connectivity index (χ0n) is 5.17. The second-order valence-corrected chi connectivity index (χ2v) is 2.56. The third kappa shape index (κ3) is 2.06. The van der Waals surface area contributed by atoms with E-state index < -0.39 is 5.97 Å². The van der Waals surface area contributed by atoms with Crippen LogP contribution in [0, 0.1) is 0 Å². The fourth-order valence-electron chi connectivity index (χ4n) is 0.583. The van der Waals surface area contributed by atoms with Crippen LogP contribution in [-0.2, 0) is 5.11 Å². The lowest BCUT2D eigenvalue weighted by atomic mass is 10.3. The molecule has 0 saturated heterocycles. The van der Waals surface area contributed by atoms with Crippen LogP contribution in [0.4, 0.5) is 0 Å². The SMILES string of the molecule is [O]C(=O)c1cc(Cl)nc(Cl)c1. The van der Waals surface area contributed by atoms with Gasteiger partial charge in [0.05, 0.1) is 5.56 Å². The Morgan fingerprint density at radius 2 is 1.73 bits per heavy atom. The molecule has 0 saturated carbocycles. The molecule has 0 bridgehead atoms. The number of rotatable bonds is 1. The van der Waals surface area contributed by atoms with Crippen LogP contribution in [0.15, 0.2) is 12.1 Å². The van der Waals surface area contributed by atoms with Crippen molar-refractivity contribution in [2.24, 2.45) is 0 Å². The van der Waals surface area contributed by atoms with Crippen molar-refractivity contribution in [2.45, 2.75) is 0 Å². The lowest BCUT2D eigenvalue weighted by Gasteiger charge is -1.93. The third-order valence-corrected chi connectivity index (χ3v) is 1.39. The van der Waals surface area contributed by atoms with Crippen LogP contribution >= 0.6 is 23.2 Å². The Labute approximate surface area is 72.6 Å². The Morgan fingerprint density at radius 1 is 1.27 bits per heavy atom. The third-order valence-electron chi connectivity index (χ3n) is 0.999. The zero-order chi connectivity index (χ0) is 8.43. The molecule has 0 fully saturated rings. The second kappa shape index (κ2) is 3.07. The predicted octanol–water partition coefficient (Wildman–Crippen LogP) is 1.96. The fourth-order valence-corrected chi connectivity index (χ4v) is 1.04. The minimum absolute atomic E-state index is 0.0386. The average molecular weight is 191 g/mol. The molecule has 0 aliphatic rings. The lowest BCUT2D eigenvalue weighted by molar-refractivity contribution is 0.0573. The summed E-state index contributed by atoms with van der Waals surface area (Å²) in [5, 5.41) is 10.3. The van der Waals surface area contributed by atoms with Gasteiger partial charge in [0, 0.05) is 0 Å². The number of nitrogens with zero attached hydrogens (tertiary/aromatic N) is 1. The minimum atomic E-state index is -1.32. The molecule has 0 N–H and O–H groups in total. The van der Waals surface area contributed by atoms with Crippen molar-refractivity contribution in [3.05, 3.63) is 28.0 Å². The highest BCUT2D eigenvalue weighted by atomic mass is 35.5. The number of aromatic nitrogens is 1. The first-order valence-electron chi connectivity index (χ1n) is 2.64. The van der Waals surface area contributed by atoms with Gasteiger partial charge in [-0.05, 0) is 12.1 Å². The first-order chi connectivity index (χ1) is 5.09. The van der Waals surface area contributed by atoms with E-state index in [1.807, 2.05) is 0 Å². The Kier molecular flexibility index (Phi) is 2.31. The minimum Gasteiger partial charge on any atom is -0.242 e. The molecule has 0 atom stereocenters. The molecule has 0 aliphatic heterocycles. The normalized spacial score (nSPS) is 9.64. The summed E-state index contributed by atoms with van der Waals surface area (Å²) in [6, 6.07) is 2.34. The summed E-state index contributed by atoms with van der Waals surface area (Å²) in [5.74, 6) is -1.32. The smallest absolute Gasteiger partial charge is 0.242 e. The molecular weight excluding hydrogens is 189 g/mol. The van der Waals surface area contributed by atoms with Crippen molar-refractivity contribution in [1.29, 1.82) is 0 Å². The van der Waals surface area contributed by atoms with Gasteiger partial charge in [0.2, 0.25) is 0 Å². The van der Waals surface area contributed by atoms with Gasteiger partial charge in [-0.3, -0.25) is 0 Å². The molecule has 0 aromatic carbocycles. The monoisotopic (exact) mass is 190 g/mol. The second-order valence-electron chi connectivity index (χ2n) is 1.79. The van der Waals surface area contributed by atoms with Crippen LogP contribution in [0.2, 0.25) is 10.3 Å². The summed E-state index contributed by atoms with van der Waals surface area (Å²) in [5.41, 5.74) is -0.0741. The van der Waals surface area contributed by atoms with Gasteiger partial charge >= 0.3 is 5.97 Å². The molecule has 1 radical (unpaired) electrons. The highest BCUT2D eigenvalue weighted by Gasteiger charge is 2.07. The number of hydrogen-bond donors (Lipinski definition) is 0. The number of hydrogen-bond acceptors (Lipinski definition) is 2. The molecule has 0 aliphatic carbocycles. The number of pyridine rings is 1. The largest absolute Gasteiger partial charge is 0.386 e. The van der Waals surface area contributed by atoms with Crippen LogP contribution in [0.25, 0.3) is 0 Å². The molecule has 1 aromatic heterocycles. The maximum Gasteiger partial charge on any atom is 0.386 e. The summed E-state index contributed by atoms with van der Waals surface area (Å²) in [6.45, 7) is 0. The van der Waals surface area contributed by atoms with Crippen molar-refractivity contribution in [3.8, 4) is 0 Å². The van der Waals surface area contributed by atoms with Gasteiger partial charge in [0.1, 0.15) is 10.3 Å². The van der Waals surface area contributed by atoms with E-state index in [-0.39, 0.29) is 15.9 Å². The summed E-state index contributed by atoms with van der Waals surface area (Å²) in [6.07, 6.45) is 0. The van der Waals surface area contributed by atoms with Crippen molar-refractivity contribution in [3.63, 3.8) is 0 Å². The number of carbonyl (C=O) groups is 1. The lowest BCUT2D eigenvalue weighted by Crippen LogP contribution is -1.94. The van der Waals surface area contributed by atoms with Gasteiger partial charge in [-0.2, -0.15) is 0 Å². The number of carbonyl (C=O) groups excluding carboxylic acids is 1. The Hall–Kier alpha value is -0.800. The van der Waals surface area contributed by atoms with E-state index in [0.717, 1.165) is 0 Å².